The van der Waals surface area contributed by atoms with Crippen LogP contribution in [0.25, 0.3) is 33.3 Å². The summed E-state index contributed by atoms with van der Waals surface area (Å²) in [6, 6.07) is 11.1. The van der Waals surface area contributed by atoms with Crippen LogP contribution in [0.2, 0.25) is 0 Å². The second kappa shape index (κ2) is 7.17. The molecule has 0 unspecified atom stereocenters. The number of imidazole rings is 1. The second-order valence-corrected chi connectivity index (χ2v) is 7.94. The van der Waals surface area contributed by atoms with Gasteiger partial charge in [0.15, 0.2) is 5.65 Å². The molecule has 29 heavy (non-hydrogen) atoms. The number of hydrogen-bond donors (Lipinski definition) is 3. The third-order valence-electron chi connectivity index (χ3n) is 5.88. The van der Waals surface area contributed by atoms with Crippen molar-refractivity contribution in [2.24, 2.45) is 0 Å². The number of aromatic nitrogens is 4. The molecule has 0 spiro atoms. The Hall–Kier alpha value is -2.90. The van der Waals surface area contributed by atoms with Gasteiger partial charge in [-0.15, -0.1) is 0 Å². The maximum Gasteiger partial charge on any atom is 0.180 e. The average molecular weight is 390 g/mol. The number of ether oxygens (including phenoxy) is 1. The van der Waals surface area contributed by atoms with Gasteiger partial charge in [-0.25, -0.2) is 9.97 Å². The van der Waals surface area contributed by atoms with Crippen LogP contribution in [0.1, 0.15) is 24.2 Å². The van der Waals surface area contributed by atoms with Crippen molar-refractivity contribution < 1.29 is 4.74 Å². The number of aromatic amines is 2. The Balaban J connectivity index is 1.54. The first-order valence-corrected chi connectivity index (χ1v) is 10.1. The Morgan fingerprint density at radius 3 is 2.83 bits per heavy atom. The first-order chi connectivity index (χ1) is 14.1. The molecule has 4 aromatic rings. The maximum atomic E-state index is 6.05. The summed E-state index contributed by atoms with van der Waals surface area (Å²) >= 11 is 0. The molecule has 4 heterocycles. The topological polar surface area (TPSA) is 95.8 Å². The van der Waals surface area contributed by atoms with Crippen LogP contribution in [-0.4, -0.2) is 51.1 Å². The smallest absolute Gasteiger partial charge is 0.180 e. The van der Waals surface area contributed by atoms with Crippen molar-refractivity contribution >= 4 is 27.9 Å². The molecular formula is C22H26N6O. The molecule has 7 heteroatoms. The number of nitrogens with zero attached hydrogens (tertiary/aromatic N) is 3. The van der Waals surface area contributed by atoms with Gasteiger partial charge in [0.25, 0.3) is 0 Å². The quantitative estimate of drug-likeness (QED) is 0.495. The number of pyridine rings is 1. The highest BCUT2D eigenvalue weighted by molar-refractivity contribution is 5.96. The van der Waals surface area contributed by atoms with Crippen LogP contribution in [0.5, 0.6) is 0 Å². The van der Waals surface area contributed by atoms with Gasteiger partial charge in [-0.3, -0.25) is 4.90 Å². The van der Waals surface area contributed by atoms with E-state index in [1.807, 2.05) is 13.0 Å². The van der Waals surface area contributed by atoms with E-state index in [2.05, 4.69) is 56.1 Å². The number of nitrogens with one attached hydrogen (secondary N) is 2. The lowest BCUT2D eigenvalue weighted by molar-refractivity contribution is 0.0408. The monoisotopic (exact) mass is 390 g/mol. The van der Waals surface area contributed by atoms with E-state index < -0.39 is 0 Å². The molecule has 4 N–H and O–H groups in total. The number of anilines is 1. The van der Waals surface area contributed by atoms with E-state index in [1.165, 1.54) is 10.9 Å². The molecule has 1 fully saturated rings. The fourth-order valence-electron chi connectivity index (χ4n) is 4.36. The molecular weight excluding hydrogens is 364 g/mol. The minimum absolute atomic E-state index is 0.470. The zero-order valence-electron chi connectivity index (χ0n) is 16.8. The molecule has 1 aliphatic rings. The van der Waals surface area contributed by atoms with Crippen LogP contribution in [-0.2, 0) is 11.3 Å². The number of nitrogen functional groups attached to an aromatic ring is 1. The van der Waals surface area contributed by atoms with Gasteiger partial charge in [0.2, 0.25) is 0 Å². The summed E-state index contributed by atoms with van der Waals surface area (Å²) in [5.74, 6) is 1.30. The number of nitrogens with two attached hydrogens (primary N) is 1. The van der Waals surface area contributed by atoms with Crippen molar-refractivity contribution in [3.63, 3.8) is 0 Å². The lowest BCUT2D eigenvalue weighted by atomic mass is 10.0. The minimum atomic E-state index is 0.470. The van der Waals surface area contributed by atoms with E-state index in [9.17, 15) is 0 Å². The molecule has 5 rings (SSSR count). The zero-order valence-corrected chi connectivity index (χ0v) is 16.8. The van der Waals surface area contributed by atoms with E-state index in [4.69, 9.17) is 10.5 Å². The molecule has 7 nitrogen and oxygen atoms in total. The van der Waals surface area contributed by atoms with E-state index in [0.717, 1.165) is 60.7 Å². The zero-order chi connectivity index (χ0) is 20.0. The predicted molar refractivity (Wildman–Crippen MR) is 116 cm³/mol. The Bertz CT molecular complexity index is 1170. The molecule has 0 bridgehead atoms. The normalized spacial score (nSPS) is 15.7. The van der Waals surface area contributed by atoms with Gasteiger partial charge in [-0.2, -0.15) is 0 Å². The number of aryl methyl sites for hydroxylation is 1. The Morgan fingerprint density at radius 2 is 2.00 bits per heavy atom. The molecule has 1 aromatic carbocycles. The van der Waals surface area contributed by atoms with Crippen LogP contribution in [0, 0.1) is 6.92 Å². The van der Waals surface area contributed by atoms with Crippen molar-refractivity contribution in [3.05, 3.63) is 41.7 Å². The highest BCUT2D eigenvalue weighted by Crippen LogP contribution is 2.32. The summed E-state index contributed by atoms with van der Waals surface area (Å²) in [5.41, 5.74) is 12.1. The highest BCUT2D eigenvalue weighted by Gasteiger charge is 2.20. The van der Waals surface area contributed by atoms with Gasteiger partial charge in [0, 0.05) is 48.0 Å². The van der Waals surface area contributed by atoms with Crippen molar-refractivity contribution in [2.75, 3.05) is 26.0 Å². The fourth-order valence-corrected chi connectivity index (χ4v) is 4.36. The molecule has 0 saturated carbocycles. The van der Waals surface area contributed by atoms with Gasteiger partial charge >= 0.3 is 0 Å². The molecule has 0 radical (unpaired) electrons. The molecule has 1 aliphatic heterocycles. The van der Waals surface area contributed by atoms with Gasteiger partial charge in [0.1, 0.15) is 11.6 Å². The third kappa shape index (κ3) is 3.36. The van der Waals surface area contributed by atoms with Gasteiger partial charge in [-0.1, -0.05) is 12.1 Å². The highest BCUT2D eigenvalue weighted by atomic mass is 16.5. The van der Waals surface area contributed by atoms with Crippen molar-refractivity contribution in [1.29, 1.82) is 0 Å². The molecule has 0 aliphatic carbocycles. The van der Waals surface area contributed by atoms with E-state index in [1.54, 1.807) is 0 Å². The average Bonchev–Trinajstić information content (AvgIpc) is 3.31. The lowest BCUT2D eigenvalue weighted by Crippen LogP contribution is -2.36. The van der Waals surface area contributed by atoms with E-state index >= 15 is 0 Å². The van der Waals surface area contributed by atoms with Gasteiger partial charge in [0.05, 0.1) is 5.52 Å². The summed E-state index contributed by atoms with van der Waals surface area (Å²) < 4.78 is 5.51. The van der Waals surface area contributed by atoms with E-state index in [0.29, 0.717) is 17.5 Å². The summed E-state index contributed by atoms with van der Waals surface area (Å²) in [4.78, 5) is 18.1. The molecule has 3 aromatic heterocycles. The SMILES string of the molecule is Cc1nc2nc(N)cc(-c3cc4c(CN(C)C5CCOCC5)cccc4[nH]3)c2[nH]1. The largest absolute Gasteiger partial charge is 0.384 e. The van der Waals surface area contributed by atoms with Crippen LogP contribution in [0.4, 0.5) is 5.82 Å². The Morgan fingerprint density at radius 1 is 1.17 bits per heavy atom. The van der Waals surface area contributed by atoms with Crippen molar-refractivity contribution in [3.8, 4) is 11.3 Å². The fraction of sp³-hybridized carbons (Fsp3) is 0.364. The van der Waals surface area contributed by atoms with Crippen molar-refractivity contribution in [2.45, 2.75) is 32.4 Å². The van der Waals surface area contributed by atoms with Crippen LogP contribution >= 0.6 is 0 Å². The number of H-pyrrole nitrogens is 2. The summed E-state index contributed by atoms with van der Waals surface area (Å²) in [7, 11) is 2.21. The van der Waals surface area contributed by atoms with E-state index in [-0.39, 0.29) is 0 Å². The summed E-state index contributed by atoms with van der Waals surface area (Å²) in [6.45, 7) is 4.56. The van der Waals surface area contributed by atoms with Crippen LogP contribution < -0.4 is 5.73 Å². The lowest BCUT2D eigenvalue weighted by Gasteiger charge is -2.31. The Labute approximate surface area is 169 Å². The van der Waals surface area contributed by atoms with Crippen molar-refractivity contribution in [1.82, 2.24) is 24.8 Å². The van der Waals surface area contributed by atoms with Crippen LogP contribution in [0.3, 0.4) is 0 Å². The summed E-state index contributed by atoms with van der Waals surface area (Å²) in [5, 5.41) is 1.24. The maximum absolute atomic E-state index is 6.05. The number of benzene rings is 1. The predicted octanol–water partition coefficient (Wildman–Crippen LogP) is 3.61. The minimum Gasteiger partial charge on any atom is -0.384 e. The van der Waals surface area contributed by atoms with Crippen LogP contribution in [0.15, 0.2) is 30.3 Å². The number of hydrogen-bond acceptors (Lipinski definition) is 5. The third-order valence-corrected chi connectivity index (χ3v) is 5.88. The first kappa shape index (κ1) is 18.1. The molecule has 0 amide bonds. The Kier molecular flexibility index (Phi) is 4.49. The number of rotatable bonds is 4. The second-order valence-electron chi connectivity index (χ2n) is 7.94. The number of fused-ring (bicyclic) bond motifs is 2. The van der Waals surface area contributed by atoms with Gasteiger partial charge in [-0.05, 0) is 50.6 Å². The molecule has 1 saturated heterocycles. The standard InChI is InChI=1S/C22H26N6O/c1-13-24-21-17(11-20(23)27-22(21)25-13)19-10-16-14(4-3-5-18(16)26-19)12-28(2)15-6-8-29-9-7-15/h3-5,10-11,15,26H,6-9,12H2,1-2H3,(H3,23,24,25,27). The summed E-state index contributed by atoms with van der Waals surface area (Å²) in [6.07, 6.45) is 2.19. The molecule has 150 valence electrons. The molecule has 0 atom stereocenters. The first-order valence-electron chi connectivity index (χ1n) is 10.1. The van der Waals surface area contributed by atoms with Gasteiger partial charge < -0.3 is 20.4 Å².